The van der Waals surface area contributed by atoms with Crippen LogP contribution in [0.1, 0.15) is 65.9 Å². The molecule has 0 N–H and O–H groups in total. The van der Waals surface area contributed by atoms with Gasteiger partial charge in [0.1, 0.15) is 17.6 Å². The van der Waals surface area contributed by atoms with Gasteiger partial charge in [0.2, 0.25) is 0 Å². The van der Waals surface area contributed by atoms with E-state index in [-0.39, 0.29) is 17.8 Å². The van der Waals surface area contributed by atoms with Gasteiger partial charge in [-0.1, -0.05) is 25.8 Å². The minimum absolute atomic E-state index is 0.0105. The third-order valence-electron chi connectivity index (χ3n) is 4.97. The minimum atomic E-state index is -0.0105. The lowest BCUT2D eigenvalue weighted by molar-refractivity contribution is 0.0124. The van der Waals surface area contributed by atoms with Gasteiger partial charge in [0, 0.05) is 19.6 Å². The average molecular weight is 335 g/mol. The van der Waals surface area contributed by atoms with Crippen LogP contribution in [0.25, 0.3) is 0 Å². The summed E-state index contributed by atoms with van der Waals surface area (Å²) in [4.78, 5) is 0. The Balaban J connectivity index is 1.75. The Morgan fingerprint density at radius 1 is 1.29 bits per heavy atom. The van der Waals surface area contributed by atoms with Crippen LogP contribution in [0.5, 0.6) is 11.5 Å². The quantitative estimate of drug-likeness (QED) is 0.605. The molecule has 3 heteroatoms. The summed E-state index contributed by atoms with van der Waals surface area (Å²) in [5.41, 5.74) is 1.28. The number of rotatable bonds is 9. The molecule has 0 radical (unpaired) electrons. The second kappa shape index (κ2) is 8.24. The van der Waals surface area contributed by atoms with Crippen molar-refractivity contribution < 1.29 is 14.2 Å². The zero-order valence-corrected chi connectivity index (χ0v) is 16.2. The molecule has 0 saturated heterocycles. The lowest BCUT2D eigenvalue weighted by Crippen LogP contribution is -2.22. The maximum absolute atomic E-state index is 6.11. The molecular weight excluding hydrogens is 300 g/mol. The van der Waals surface area contributed by atoms with Gasteiger partial charge in [0.05, 0.1) is 11.7 Å². The van der Waals surface area contributed by atoms with Crippen LogP contribution in [0.15, 0.2) is 18.2 Å². The van der Waals surface area contributed by atoms with Crippen molar-refractivity contribution in [1.82, 2.24) is 0 Å². The molecule has 24 heavy (non-hydrogen) atoms. The van der Waals surface area contributed by atoms with E-state index in [1.807, 2.05) is 6.07 Å². The number of hydrogen-bond acceptors (Lipinski definition) is 3. The van der Waals surface area contributed by atoms with Crippen molar-refractivity contribution in [3.05, 3.63) is 23.8 Å². The van der Waals surface area contributed by atoms with E-state index in [1.54, 1.807) is 7.11 Å². The fourth-order valence-corrected chi connectivity index (χ4v) is 3.40. The molecule has 3 unspecified atom stereocenters. The Morgan fingerprint density at radius 2 is 2.04 bits per heavy atom. The molecule has 2 rings (SSSR count). The molecule has 1 aromatic rings. The topological polar surface area (TPSA) is 27.7 Å². The normalized spacial score (nSPS) is 19.5. The molecule has 1 aliphatic heterocycles. The molecular formula is C21H34O3. The predicted molar refractivity (Wildman–Crippen MR) is 99.0 cm³/mol. The summed E-state index contributed by atoms with van der Waals surface area (Å²) in [7, 11) is 1.79. The number of hydrogen-bond donors (Lipinski definition) is 0. The predicted octanol–water partition coefficient (Wildman–Crippen LogP) is 5.40. The van der Waals surface area contributed by atoms with Gasteiger partial charge in [-0.15, -0.1) is 0 Å². The highest BCUT2D eigenvalue weighted by Gasteiger charge is 2.20. The molecule has 0 aliphatic carbocycles. The van der Waals surface area contributed by atoms with E-state index in [4.69, 9.17) is 14.2 Å². The zero-order valence-electron chi connectivity index (χ0n) is 16.2. The highest BCUT2D eigenvalue weighted by molar-refractivity contribution is 5.43. The summed E-state index contributed by atoms with van der Waals surface area (Å²) in [6.07, 6.45) is 6.08. The van der Waals surface area contributed by atoms with Crippen LogP contribution in [0.3, 0.4) is 0 Å². The molecule has 3 atom stereocenters. The van der Waals surface area contributed by atoms with E-state index >= 15 is 0 Å². The molecule has 1 heterocycles. The molecule has 3 nitrogen and oxygen atoms in total. The van der Waals surface area contributed by atoms with E-state index in [0.29, 0.717) is 5.92 Å². The lowest BCUT2D eigenvalue weighted by atomic mass is 9.93. The van der Waals surface area contributed by atoms with Crippen molar-refractivity contribution in [2.45, 2.75) is 84.5 Å². The van der Waals surface area contributed by atoms with Gasteiger partial charge in [0.25, 0.3) is 0 Å². The Morgan fingerprint density at radius 3 is 2.75 bits per heavy atom. The van der Waals surface area contributed by atoms with Gasteiger partial charge in [-0.05, 0) is 58.1 Å². The van der Waals surface area contributed by atoms with Gasteiger partial charge in [-0.2, -0.15) is 0 Å². The summed E-state index contributed by atoms with van der Waals surface area (Å²) >= 11 is 0. The van der Waals surface area contributed by atoms with Gasteiger partial charge >= 0.3 is 0 Å². The first-order chi connectivity index (χ1) is 11.3. The highest BCUT2D eigenvalue weighted by atomic mass is 16.5. The summed E-state index contributed by atoms with van der Waals surface area (Å²) in [5.74, 6) is 2.56. The first-order valence-corrected chi connectivity index (χ1v) is 9.30. The fourth-order valence-electron chi connectivity index (χ4n) is 3.40. The van der Waals surface area contributed by atoms with Gasteiger partial charge in [-0.3, -0.25) is 0 Å². The second-order valence-electron chi connectivity index (χ2n) is 8.03. The maximum atomic E-state index is 6.11. The van der Waals surface area contributed by atoms with Crippen LogP contribution in [0, 0.1) is 5.92 Å². The van der Waals surface area contributed by atoms with Crippen LogP contribution < -0.4 is 9.47 Å². The van der Waals surface area contributed by atoms with Crippen molar-refractivity contribution in [3.8, 4) is 11.5 Å². The summed E-state index contributed by atoms with van der Waals surface area (Å²) in [5, 5.41) is 0. The van der Waals surface area contributed by atoms with E-state index in [2.05, 4.69) is 46.8 Å². The van der Waals surface area contributed by atoms with Crippen molar-refractivity contribution in [2.24, 2.45) is 5.92 Å². The SMILES string of the molecule is COC(C)(C)CCCC(C)CC(C)Oc1ccc2c(c1)OC(C)C2. The van der Waals surface area contributed by atoms with Crippen molar-refractivity contribution in [1.29, 1.82) is 0 Å². The third kappa shape index (κ3) is 5.70. The molecule has 1 aromatic carbocycles. The van der Waals surface area contributed by atoms with Gasteiger partial charge in [-0.25, -0.2) is 0 Å². The molecule has 0 saturated carbocycles. The summed E-state index contributed by atoms with van der Waals surface area (Å²) < 4.78 is 17.4. The number of methoxy groups -OCH3 is 1. The molecule has 1 aliphatic rings. The number of ether oxygens (including phenoxy) is 3. The fraction of sp³-hybridized carbons (Fsp3) is 0.714. The zero-order chi connectivity index (χ0) is 17.7. The summed E-state index contributed by atoms with van der Waals surface area (Å²) in [6.45, 7) is 10.9. The molecule has 0 spiro atoms. The minimum Gasteiger partial charge on any atom is -0.491 e. The molecule has 0 bridgehead atoms. The van der Waals surface area contributed by atoms with Gasteiger partial charge < -0.3 is 14.2 Å². The molecule has 0 aromatic heterocycles. The van der Waals surface area contributed by atoms with Crippen LogP contribution in [-0.4, -0.2) is 24.9 Å². The van der Waals surface area contributed by atoms with Crippen molar-refractivity contribution in [3.63, 3.8) is 0 Å². The first kappa shape index (κ1) is 19.1. The van der Waals surface area contributed by atoms with E-state index < -0.39 is 0 Å². The highest BCUT2D eigenvalue weighted by Crippen LogP contribution is 2.33. The number of fused-ring (bicyclic) bond motifs is 1. The van der Waals surface area contributed by atoms with Crippen LogP contribution in [-0.2, 0) is 11.2 Å². The maximum Gasteiger partial charge on any atom is 0.126 e. The summed E-state index contributed by atoms with van der Waals surface area (Å²) in [6, 6.07) is 6.25. The third-order valence-corrected chi connectivity index (χ3v) is 4.97. The Labute approximate surface area is 147 Å². The molecule has 136 valence electrons. The first-order valence-electron chi connectivity index (χ1n) is 9.30. The van der Waals surface area contributed by atoms with Crippen LogP contribution in [0.2, 0.25) is 0 Å². The molecule has 0 fully saturated rings. The Kier molecular flexibility index (Phi) is 6.56. The van der Waals surface area contributed by atoms with E-state index in [9.17, 15) is 0 Å². The van der Waals surface area contributed by atoms with Gasteiger partial charge in [0.15, 0.2) is 0 Å². The average Bonchev–Trinajstić information content (AvgIpc) is 2.86. The monoisotopic (exact) mass is 334 g/mol. The van der Waals surface area contributed by atoms with Crippen molar-refractivity contribution >= 4 is 0 Å². The number of benzene rings is 1. The second-order valence-corrected chi connectivity index (χ2v) is 8.03. The van der Waals surface area contributed by atoms with Crippen LogP contribution >= 0.6 is 0 Å². The van der Waals surface area contributed by atoms with Crippen LogP contribution in [0.4, 0.5) is 0 Å². The largest absolute Gasteiger partial charge is 0.491 e. The molecule has 0 amide bonds. The Hall–Kier alpha value is -1.22. The standard InChI is InChI=1S/C21H34O3/c1-15(8-7-11-21(4,5)22-6)12-16(2)23-19-10-9-18-13-17(3)24-20(18)14-19/h9-10,14-17H,7-8,11-13H2,1-6H3. The van der Waals surface area contributed by atoms with E-state index in [0.717, 1.165) is 30.8 Å². The van der Waals surface area contributed by atoms with E-state index in [1.165, 1.54) is 18.4 Å². The lowest BCUT2D eigenvalue weighted by Gasteiger charge is -2.24. The smallest absolute Gasteiger partial charge is 0.126 e. The Bertz CT molecular complexity index is 524. The van der Waals surface area contributed by atoms with Crippen molar-refractivity contribution in [2.75, 3.05) is 7.11 Å².